The third-order valence-corrected chi connectivity index (χ3v) is 4.48. The van der Waals surface area contributed by atoms with Crippen molar-refractivity contribution in [3.63, 3.8) is 0 Å². The van der Waals surface area contributed by atoms with Gasteiger partial charge in [0.05, 0.1) is 6.04 Å². The second-order valence-corrected chi connectivity index (χ2v) is 6.33. The number of carbonyl (C=O) groups excluding carboxylic acids is 1. The molecule has 130 valence electrons. The van der Waals surface area contributed by atoms with Crippen LogP contribution < -0.4 is 5.32 Å². The van der Waals surface area contributed by atoms with Gasteiger partial charge in [-0.1, -0.05) is 6.92 Å². The second kappa shape index (κ2) is 7.61. The Labute approximate surface area is 142 Å². The minimum Gasteiger partial charge on any atom is -0.456 e. The van der Waals surface area contributed by atoms with E-state index in [1.54, 1.807) is 11.0 Å². The van der Waals surface area contributed by atoms with Crippen molar-refractivity contribution >= 4 is 5.91 Å². The van der Waals surface area contributed by atoms with Crippen LogP contribution >= 0.6 is 0 Å². The van der Waals surface area contributed by atoms with E-state index in [1.165, 1.54) is 19.2 Å². The molecule has 24 heavy (non-hydrogen) atoms. The monoisotopic (exact) mass is 331 g/mol. The molecule has 0 aliphatic carbocycles. The molecule has 1 atom stereocenters. The van der Waals surface area contributed by atoms with Crippen LogP contribution in [0.25, 0.3) is 0 Å². The summed E-state index contributed by atoms with van der Waals surface area (Å²) in [4.78, 5) is 18.7. The molecular formula is C17H25N5O2. The summed E-state index contributed by atoms with van der Waals surface area (Å²) < 4.78 is 7.51. The molecule has 1 amide bonds. The lowest BCUT2D eigenvalue weighted by Gasteiger charge is -2.13. The molecule has 1 unspecified atom stereocenters. The van der Waals surface area contributed by atoms with Gasteiger partial charge in [0.25, 0.3) is 5.91 Å². The van der Waals surface area contributed by atoms with Gasteiger partial charge in [-0.2, -0.15) is 5.10 Å². The number of aromatic nitrogens is 3. The Balaban J connectivity index is 1.60. The molecule has 1 aliphatic rings. The van der Waals surface area contributed by atoms with Gasteiger partial charge in [-0.15, -0.1) is 0 Å². The van der Waals surface area contributed by atoms with Crippen molar-refractivity contribution in [3.05, 3.63) is 35.8 Å². The average molecular weight is 331 g/mol. The van der Waals surface area contributed by atoms with Gasteiger partial charge in [0, 0.05) is 25.1 Å². The highest BCUT2D eigenvalue weighted by molar-refractivity contribution is 5.91. The fourth-order valence-electron chi connectivity index (χ4n) is 3.06. The number of aryl methyl sites for hydroxylation is 1. The van der Waals surface area contributed by atoms with Crippen LogP contribution in [-0.4, -0.2) is 45.2 Å². The number of rotatable bonds is 7. The molecule has 1 saturated heterocycles. The van der Waals surface area contributed by atoms with Crippen molar-refractivity contribution in [1.82, 2.24) is 25.0 Å². The molecule has 0 saturated carbocycles. The van der Waals surface area contributed by atoms with Crippen LogP contribution in [0.2, 0.25) is 0 Å². The lowest BCUT2D eigenvalue weighted by atomic mass is 10.2. The normalized spacial score (nSPS) is 16.4. The molecule has 1 aliphatic heterocycles. The number of nitrogens with one attached hydrogen (secondary N) is 1. The number of carbonyl (C=O) groups is 1. The zero-order valence-corrected chi connectivity index (χ0v) is 14.4. The zero-order chi connectivity index (χ0) is 16.9. The van der Waals surface area contributed by atoms with Crippen LogP contribution in [-0.2, 0) is 13.0 Å². The quantitative estimate of drug-likeness (QED) is 0.840. The fourth-order valence-corrected chi connectivity index (χ4v) is 3.06. The standard InChI is InChI=1S/C17H25N5O2/c1-3-15-14(10-21-6-4-5-7-21)8-16(24-15)17(23)19-9-13(2)22-12-18-11-20-22/h8,11-13H,3-7,9-10H2,1-2H3,(H,19,23). The van der Waals surface area contributed by atoms with E-state index in [9.17, 15) is 4.79 Å². The minimum atomic E-state index is -0.177. The first kappa shape index (κ1) is 16.7. The molecule has 1 fully saturated rings. The van der Waals surface area contributed by atoms with Gasteiger partial charge in [0.2, 0.25) is 0 Å². The highest BCUT2D eigenvalue weighted by Crippen LogP contribution is 2.20. The molecule has 3 rings (SSSR count). The molecule has 7 nitrogen and oxygen atoms in total. The van der Waals surface area contributed by atoms with E-state index in [1.807, 2.05) is 13.0 Å². The van der Waals surface area contributed by atoms with Crippen molar-refractivity contribution < 1.29 is 9.21 Å². The number of amides is 1. The smallest absolute Gasteiger partial charge is 0.287 e. The molecule has 7 heteroatoms. The Bertz CT molecular complexity index is 659. The van der Waals surface area contributed by atoms with Gasteiger partial charge in [0.1, 0.15) is 18.4 Å². The van der Waals surface area contributed by atoms with E-state index >= 15 is 0 Å². The zero-order valence-electron chi connectivity index (χ0n) is 14.4. The Morgan fingerprint density at radius 2 is 2.21 bits per heavy atom. The van der Waals surface area contributed by atoms with Crippen molar-refractivity contribution in [2.45, 2.75) is 45.7 Å². The molecule has 2 aromatic rings. The predicted octanol–water partition coefficient (Wildman–Crippen LogP) is 2.02. The number of hydrogen-bond acceptors (Lipinski definition) is 5. The predicted molar refractivity (Wildman–Crippen MR) is 89.7 cm³/mol. The van der Waals surface area contributed by atoms with Crippen molar-refractivity contribution in [2.75, 3.05) is 19.6 Å². The van der Waals surface area contributed by atoms with Crippen LogP contribution in [0.15, 0.2) is 23.1 Å². The van der Waals surface area contributed by atoms with Crippen LogP contribution in [0.4, 0.5) is 0 Å². The van der Waals surface area contributed by atoms with E-state index in [0.717, 1.165) is 37.4 Å². The first-order valence-corrected chi connectivity index (χ1v) is 8.63. The summed E-state index contributed by atoms with van der Waals surface area (Å²) in [6.45, 7) is 7.64. The number of likely N-dealkylation sites (tertiary alicyclic amines) is 1. The van der Waals surface area contributed by atoms with Gasteiger partial charge < -0.3 is 9.73 Å². The minimum absolute atomic E-state index is 0.0427. The lowest BCUT2D eigenvalue weighted by molar-refractivity contribution is 0.0918. The maximum absolute atomic E-state index is 12.4. The molecule has 2 aromatic heterocycles. The summed E-state index contributed by atoms with van der Waals surface area (Å²) >= 11 is 0. The van der Waals surface area contributed by atoms with Crippen LogP contribution in [0, 0.1) is 0 Å². The number of nitrogens with zero attached hydrogens (tertiary/aromatic N) is 4. The van der Waals surface area contributed by atoms with E-state index in [-0.39, 0.29) is 11.9 Å². The Kier molecular flexibility index (Phi) is 5.30. The van der Waals surface area contributed by atoms with Gasteiger partial charge >= 0.3 is 0 Å². The molecular weight excluding hydrogens is 306 g/mol. The first-order valence-electron chi connectivity index (χ1n) is 8.63. The number of hydrogen-bond donors (Lipinski definition) is 1. The highest BCUT2D eigenvalue weighted by atomic mass is 16.4. The molecule has 0 spiro atoms. The molecule has 0 aromatic carbocycles. The first-order chi connectivity index (χ1) is 11.7. The van der Waals surface area contributed by atoms with E-state index in [2.05, 4.69) is 27.2 Å². The summed E-state index contributed by atoms with van der Waals surface area (Å²) in [5, 5.41) is 6.99. The molecule has 3 heterocycles. The SMILES string of the molecule is CCc1oc(C(=O)NCC(C)n2cncn2)cc1CN1CCCC1. The van der Waals surface area contributed by atoms with Crippen LogP contribution in [0.3, 0.4) is 0 Å². The van der Waals surface area contributed by atoms with Gasteiger partial charge in [-0.3, -0.25) is 9.69 Å². The third kappa shape index (κ3) is 3.84. The Hall–Kier alpha value is -2.15. The van der Waals surface area contributed by atoms with Gasteiger partial charge in [-0.25, -0.2) is 9.67 Å². The van der Waals surface area contributed by atoms with Crippen molar-refractivity contribution in [2.24, 2.45) is 0 Å². The average Bonchev–Trinajstić information content (AvgIpc) is 3.33. The summed E-state index contributed by atoms with van der Waals surface area (Å²) in [7, 11) is 0. The largest absolute Gasteiger partial charge is 0.456 e. The fraction of sp³-hybridized carbons (Fsp3) is 0.588. The summed E-state index contributed by atoms with van der Waals surface area (Å²) in [5.74, 6) is 1.13. The van der Waals surface area contributed by atoms with Crippen LogP contribution in [0.1, 0.15) is 54.6 Å². The third-order valence-electron chi connectivity index (χ3n) is 4.48. The maximum Gasteiger partial charge on any atom is 0.287 e. The van der Waals surface area contributed by atoms with E-state index < -0.39 is 0 Å². The molecule has 1 N–H and O–H groups in total. The summed E-state index contributed by atoms with van der Waals surface area (Å²) in [5.41, 5.74) is 1.13. The highest BCUT2D eigenvalue weighted by Gasteiger charge is 2.20. The van der Waals surface area contributed by atoms with Crippen molar-refractivity contribution in [3.8, 4) is 0 Å². The second-order valence-electron chi connectivity index (χ2n) is 6.33. The topological polar surface area (TPSA) is 76.2 Å². The Morgan fingerprint density at radius 3 is 2.88 bits per heavy atom. The lowest BCUT2D eigenvalue weighted by Crippen LogP contribution is -2.29. The van der Waals surface area contributed by atoms with Gasteiger partial charge in [0.15, 0.2) is 5.76 Å². The number of furan rings is 1. The molecule has 0 radical (unpaired) electrons. The van der Waals surface area contributed by atoms with Gasteiger partial charge in [-0.05, 0) is 38.9 Å². The Morgan fingerprint density at radius 1 is 1.42 bits per heavy atom. The van der Waals surface area contributed by atoms with Crippen LogP contribution in [0.5, 0.6) is 0 Å². The molecule has 0 bridgehead atoms. The van der Waals surface area contributed by atoms with Crippen molar-refractivity contribution in [1.29, 1.82) is 0 Å². The van der Waals surface area contributed by atoms with E-state index in [4.69, 9.17) is 4.42 Å². The summed E-state index contributed by atoms with van der Waals surface area (Å²) in [6.07, 6.45) is 6.45. The maximum atomic E-state index is 12.4. The summed E-state index contributed by atoms with van der Waals surface area (Å²) in [6, 6.07) is 1.94. The van der Waals surface area contributed by atoms with E-state index in [0.29, 0.717) is 12.3 Å².